The zero-order chi connectivity index (χ0) is 16.8. The summed E-state index contributed by atoms with van der Waals surface area (Å²) in [7, 11) is -2.42. The normalized spacial score (nSPS) is 44.3. The van der Waals surface area contributed by atoms with Gasteiger partial charge in [0, 0.05) is 33.7 Å². The summed E-state index contributed by atoms with van der Waals surface area (Å²) in [5.41, 5.74) is -0.0833. The van der Waals surface area contributed by atoms with E-state index in [1.807, 2.05) is 0 Å². The number of rotatable bonds is 0. The molecule has 4 atom stereocenters. The van der Waals surface area contributed by atoms with Gasteiger partial charge in [-0.2, -0.15) is 0 Å². The third-order valence-corrected chi connectivity index (χ3v) is 11.3. The fraction of sp³-hybridized carbons (Fsp3) is 0.944. The Hall–Kier alpha value is -0.193. The maximum absolute atomic E-state index is 12.2. The Morgan fingerprint density at radius 3 is 1.59 bits per heavy atom. The topological polar surface area (TPSA) is 35.5 Å². The highest BCUT2D eigenvalue weighted by Gasteiger charge is 2.73. The van der Waals surface area contributed by atoms with Crippen molar-refractivity contribution in [3.8, 4) is 0 Å². The molecule has 3 nitrogen and oxygen atoms in total. The van der Waals surface area contributed by atoms with Crippen LogP contribution in [0.25, 0.3) is 0 Å². The van der Waals surface area contributed by atoms with Gasteiger partial charge in [0.25, 0.3) is 0 Å². The molecule has 0 spiro atoms. The molecule has 2 bridgehead atoms. The minimum Gasteiger partial charge on any atom is -0.387 e. The van der Waals surface area contributed by atoms with E-state index >= 15 is 0 Å². The van der Waals surface area contributed by atoms with Crippen molar-refractivity contribution in [1.29, 1.82) is 0 Å². The van der Waals surface area contributed by atoms with Gasteiger partial charge in [0.2, 0.25) is 0 Å². The van der Waals surface area contributed by atoms with Crippen LogP contribution in [0.2, 0.25) is 10.1 Å². The smallest absolute Gasteiger partial charge is 0.350 e. The van der Waals surface area contributed by atoms with Crippen LogP contribution in [0.5, 0.6) is 0 Å². The highest BCUT2D eigenvalue weighted by atomic mass is 28.4. The SMILES string of the molecule is CC(C)(C)[Si]1(C(C)(C)C)O[C@@H]2[C@H](O1)[C@@]1(C)CC(=O)C[C@]2(C)C1. The molecule has 22 heavy (non-hydrogen) atoms. The molecule has 0 amide bonds. The van der Waals surface area contributed by atoms with Crippen LogP contribution in [0.3, 0.4) is 0 Å². The summed E-state index contributed by atoms with van der Waals surface area (Å²) in [5, 5.41) is 0.0290. The molecule has 0 N–H and O–H groups in total. The van der Waals surface area contributed by atoms with E-state index in [-0.39, 0.29) is 33.1 Å². The zero-order valence-electron chi connectivity index (χ0n) is 15.5. The summed E-state index contributed by atoms with van der Waals surface area (Å²) in [5.74, 6) is 0.386. The van der Waals surface area contributed by atoms with Gasteiger partial charge in [-0.25, -0.2) is 0 Å². The second kappa shape index (κ2) is 4.25. The largest absolute Gasteiger partial charge is 0.387 e. The third kappa shape index (κ3) is 1.96. The predicted molar refractivity (Wildman–Crippen MR) is 90.0 cm³/mol. The molecule has 1 heterocycles. The Labute approximate surface area is 136 Å². The van der Waals surface area contributed by atoms with E-state index in [2.05, 4.69) is 55.4 Å². The molecule has 126 valence electrons. The number of fused-ring (bicyclic) bond motifs is 5. The molecule has 3 rings (SSSR count). The van der Waals surface area contributed by atoms with Gasteiger partial charge in [-0.3, -0.25) is 4.79 Å². The minimum atomic E-state index is -2.42. The van der Waals surface area contributed by atoms with Crippen LogP contribution in [0, 0.1) is 10.8 Å². The van der Waals surface area contributed by atoms with Crippen LogP contribution in [-0.4, -0.2) is 26.6 Å². The Morgan fingerprint density at radius 2 is 1.27 bits per heavy atom. The van der Waals surface area contributed by atoms with Gasteiger partial charge in [0.15, 0.2) is 0 Å². The van der Waals surface area contributed by atoms with Crippen LogP contribution in [0.1, 0.15) is 74.7 Å². The van der Waals surface area contributed by atoms with Crippen LogP contribution in [0.15, 0.2) is 0 Å². The molecule has 0 aromatic rings. The lowest BCUT2D eigenvalue weighted by Gasteiger charge is -2.48. The molecule has 1 saturated heterocycles. The van der Waals surface area contributed by atoms with Crippen molar-refractivity contribution in [3.63, 3.8) is 0 Å². The van der Waals surface area contributed by atoms with Crippen molar-refractivity contribution in [2.75, 3.05) is 0 Å². The first-order chi connectivity index (χ1) is 9.74. The van der Waals surface area contributed by atoms with Crippen LogP contribution in [-0.2, 0) is 13.6 Å². The van der Waals surface area contributed by atoms with Crippen molar-refractivity contribution in [2.45, 2.75) is 96.9 Å². The number of carbonyl (C=O) groups excluding carboxylic acids is 1. The van der Waals surface area contributed by atoms with E-state index in [1.165, 1.54) is 0 Å². The summed E-state index contributed by atoms with van der Waals surface area (Å²) in [6.07, 6.45) is 2.56. The predicted octanol–water partition coefficient (Wildman–Crippen LogP) is 4.59. The lowest BCUT2D eigenvalue weighted by atomic mass is 9.70. The molecule has 2 saturated carbocycles. The van der Waals surface area contributed by atoms with Crippen molar-refractivity contribution in [1.82, 2.24) is 0 Å². The van der Waals surface area contributed by atoms with Crippen LogP contribution in [0.4, 0.5) is 0 Å². The van der Waals surface area contributed by atoms with E-state index in [9.17, 15) is 4.79 Å². The molecule has 4 heteroatoms. The summed E-state index contributed by atoms with van der Waals surface area (Å²) in [4.78, 5) is 12.2. The van der Waals surface area contributed by atoms with Gasteiger partial charge >= 0.3 is 8.56 Å². The first kappa shape index (κ1) is 16.7. The molecule has 3 fully saturated rings. The summed E-state index contributed by atoms with van der Waals surface area (Å²) in [6, 6.07) is 0. The molecular weight excluding hydrogens is 292 g/mol. The number of ketones is 1. The summed E-state index contributed by atoms with van der Waals surface area (Å²) in [6.45, 7) is 18.1. The molecule has 3 aliphatic rings. The highest BCUT2D eigenvalue weighted by Crippen LogP contribution is 2.67. The minimum absolute atomic E-state index is 0.0145. The maximum atomic E-state index is 12.2. The van der Waals surface area contributed by atoms with Gasteiger partial charge < -0.3 is 8.85 Å². The van der Waals surface area contributed by atoms with Crippen LogP contribution < -0.4 is 0 Å². The summed E-state index contributed by atoms with van der Waals surface area (Å²) < 4.78 is 13.8. The number of hydrogen-bond donors (Lipinski definition) is 0. The average molecular weight is 325 g/mol. The Kier molecular flexibility index (Phi) is 3.22. The lowest BCUT2D eigenvalue weighted by molar-refractivity contribution is -0.127. The second-order valence-electron chi connectivity index (χ2n) is 10.6. The fourth-order valence-electron chi connectivity index (χ4n) is 5.77. The Morgan fingerprint density at radius 1 is 0.909 bits per heavy atom. The van der Waals surface area contributed by atoms with E-state index in [0.717, 1.165) is 6.42 Å². The highest BCUT2D eigenvalue weighted by molar-refractivity contribution is 6.74. The molecule has 1 aliphatic heterocycles. The molecule has 0 radical (unpaired) electrons. The second-order valence-corrected chi connectivity index (χ2v) is 15.3. The summed E-state index contributed by atoms with van der Waals surface area (Å²) >= 11 is 0. The lowest BCUT2D eigenvalue weighted by Crippen LogP contribution is -2.56. The Bertz CT molecular complexity index is 471. The van der Waals surface area contributed by atoms with Gasteiger partial charge in [0.1, 0.15) is 5.78 Å². The van der Waals surface area contributed by atoms with Crippen molar-refractivity contribution < 1.29 is 13.6 Å². The van der Waals surface area contributed by atoms with E-state index in [4.69, 9.17) is 8.85 Å². The molecule has 0 aromatic heterocycles. The monoisotopic (exact) mass is 324 g/mol. The first-order valence-electron chi connectivity index (χ1n) is 8.62. The van der Waals surface area contributed by atoms with Gasteiger partial charge in [0.05, 0.1) is 12.2 Å². The maximum Gasteiger partial charge on any atom is 0.350 e. The number of Topliss-reactive ketones (excluding diaryl/α,β-unsaturated/α-hetero) is 1. The number of hydrogen-bond acceptors (Lipinski definition) is 3. The van der Waals surface area contributed by atoms with Crippen LogP contribution >= 0.6 is 0 Å². The van der Waals surface area contributed by atoms with Crippen molar-refractivity contribution in [2.24, 2.45) is 10.8 Å². The molecule has 0 unspecified atom stereocenters. The fourth-order valence-corrected chi connectivity index (χ4v) is 11.0. The Balaban J connectivity index is 2.07. The average Bonchev–Trinajstić information content (AvgIpc) is 2.72. The number of carbonyl (C=O) groups is 1. The standard InChI is InChI=1S/C18H32O3Si/c1-15(2,3)22(16(4,5)6)20-13-14(21-22)18(8)10-12(19)9-17(13,7)11-18/h13-14H,9-11H2,1-8H3/t13-,14+,17-,18+. The van der Waals surface area contributed by atoms with Gasteiger partial charge in [-0.1, -0.05) is 55.4 Å². The van der Waals surface area contributed by atoms with E-state index < -0.39 is 8.56 Å². The molecule has 0 aromatic carbocycles. The first-order valence-corrected chi connectivity index (χ1v) is 10.4. The van der Waals surface area contributed by atoms with E-state index in [0.29, 0.717) is 18.6 Å². The quantitative estimate of drug-likeness (QED) is 0.611. The molecular formula is C18H32O3Si. The zero-order valence-corrected chi connectivity index (χ0v) is 16.5. The van der Waals surface area contributed by atoms with Crippen molar-refractivity contribution >= 4 is 14.3 Å². The van der Waals surface area contributed by atoms with E-state index in [1.54, 1.807) is 0 Å². The van der Waals surface area contributed by atoms with Gasteiger partial charge in [-0.05, 0) is 6.42 Å². The third-order valence-electron chi connectivity index (χ3n) is 6.22. The molecule has 2 aliphatic carbocycles. The van der Waals surface area contributed by atoms with Gasteiger partial charge in [-0.15, -0.1) is 0 Å². The van der Waals surface area contributed by atoms with Crippen molar-refractivity contribution in [3.05, 3.63) is 0 Å².